The highest BCUT2D eigenvalue weighted by molar-refractivity contribution is 7.25. The van der Waals surface area contributed by atoms with Crippen molar-refractivity contribution in [1.82, 2.24) is 14.5 Å². The molecule has 1 N–H and O–H groups in total. The van der Waals surface area contributed by atoms with E-state index in [1.807, 2.05) is 19.9 Å². The molecule has 0 saturated carbocycles. The van der Waals surface area contributed by atoms with Crippen molar-refractivity contribution < 1.29 is 18.0 Å². The molecular weight excluding hydrogens is 429 g/mol. The molecule has 1 amide bonds. The lowest BCUT2D eigenvalue weighted by Crippen LogP contribution is -2.29. The van der Waals surface area contributed by atoms with Crippen molar-refractivity contribution in [2.75, 3.05) is 5.32 Å². The van der Waals surface area contributed by atoms with Gasteiger partial charge in [-0.1, -0.05) is 6.07 Å². The van der Waals surface area contributed by atoms with E-state index >= 15 is 0 Å². The summed E-state index contributed by atoms with van der Waals surface area (Å²) in [6.45, 7) is 5.03. The number of rotatable bonds is 3. The molecule has 6 nitrogen and oxygen atoms in total. The molecule has 3 aromatic heterocycles. The quantitative estimate of drug-likeness (QED) is 0.500. The van der Waals surface area contributed by atoms with Crippen molar-refractivity contribution in [3.63, 3.8) is 0 Å². The molecule has 1 aromatic carbocycles. The molecule has 0 spiro atoms. The number of carbonyl (C=O) groups is 1. The van der Waals surface area contributed by atoms with Crippen LogP contribution in [-0.2, 0) is 17.5 Å². The third-order valence-electron chi connectivity index (χ3n) is 4.84. The van der Waals surface area contributed by atoms with Crippen LogP contribution < -0.4 is 10.9 Å². The third-order valence-corrected chi connectivity index (χ3v) is 5.90. The second-order valence-electron chi connectivity index (χ2n) is 7.22. The first kappa shape index (κ1) is 21.0. The lowest BCUT2D eigenvalue weighted by Gasteiger charge is -2.12. The minimum Gasteiger partial charge on any atom is -0.325 e. The Morgan fingerprint density at radius 2 is 1.90 bits per heavy atom. The number of aryl methyl sites for hydroxylation is 3. The Kier molecular flexibility index (Phi) is 5.04. The van der Waals surface area contributed by atoms with E-state index < -0.39 is 17.6 Å². The molecular formula is C21H17F3N4O2S. The molecule has 31 heavy (non-hydrogen) atoms. The Labute approximate surface area is 178 Å². The monoisotopic (exact) mass is 446 g/mol. The summed E-state index contributed by atoms with van der Waals surface area (Å²) in [6.07, 6.45) is -4.52. The molecule has 0 radical (unpaired) electrons. The van der Waals surface area contributed by atoms with Gasteiger partial charge in [0.25, 0.3) is 5.56 Å². The van der Waals surface area contributed by atoms with Crippen molar-refractivity contribution in [3.05, 3.63) is 63.3 Å². The largest absolute Gasteiger partial charge is 0.416 e. The van der Waals surface area contributed by atoms with E-state index in [0.717, 1.165) is 28.8 Å². The van der Waals surface area contributed by atoms with Gasteiger partial charge in [-0.2, -0.15) is 13.2 Å². The molecule has 0 fully saturated rings. The highest BCUT2D eigenvalue weighted by atomic mass is 32.1. The second-order valence-corrected chi connectivity index (χ2v) is 8.22. The van der Waals surface area contributed by atoms with Crippen molar-refractivity contribution in [2.45, 2.75) is 33.5 Å². The molecule has 4 rings (SSSR count). The van der Waals surface area contributed by atoms with Crippen LogP contribution in [0.1, 0.15) is 22.6 Å². The molecule has 0 atom stereocenters. The predicted molar refractivity (Wildman–Crippen MR) is 113 cm³/mol. The minimum absolute atomic E-state index is 0.00303. The van der Waals surface area contributed by atoms with Gasteiger partial charge in [0, 0.05) is 16.8 Å². The number of nitrogens with one attached hydrogen (secondary N) is 1. The van der Waals surface area contributed by atoms with Gasteiger partial charge in [0.1, 0.15) is 21.9 Å². The first-order valence-electron chi connectivity index (χ1n) is 9.29. The molecule has 0 unspecified atom stereocenters. The van der Waals surface area contributed by atoms with E-state index in [4.69, 9.17) is 0 Å². The lowest BCUT2D eigenvalue weighted by atomic mass is 10.1. The number of fused-ring (bicyclic) bond motifs is 3. The third kappa shape index (κ3) is 3.90. The van der Waals surface area contributed by atoms with Crippen LogP contribution in [-0.4, -0.2) is 20.4 Å². The van der Waals surface area contributed by atoms with E-state index in [-0.39, 0.29) is 17.8 Å². The number of anilines is 1. The van der Waals surface area contributed by atoms with Crippen LogP contribution in [0.2, 0.25) is 0 Å². The van der Waals surface area contributed by atoms with Gasteiger partial charge < -0.3 is 5.32 Å². The normalized spacial score (nSPS) is 11.9. The maximum absolute atomic E-state index is 13.1. The maximum atomic E-state index is 13.1. The van der Waals surface area contributed by atoms with Gasteiger partial charge in [-0.15, -0.1) is 11.3 Å². The van der Waals surface area contributed by atoms with E-state index in [9.17, 15) is 22.8 Å². The van der Waals surface area contributed by atoms with Crippen LogP contribution in [0.4, 0.5) is 18.9 Å². The highest BCUT2D eigenvalue weighted by Gasteiger charge is 2.30. The van der Waals surface area contributed by atoms with E-state index in [1.165, 1.54) is 28.0 Å². The van der Waals surface area contributed by atoms with Crippen LogP contribution in [0.15, 0.2) is 35.1 Å². The number of benzene rings is 1. The summed E-state index contributed by atoms with van der Waals surface area (Å²) in [6, 6.07) is 6.24. The zero-order chi connectivity index (χ0) is 22.5. The Hall–Kier alpha value is -3.27. The zero-order valence-corrected chi connectivity index (χ0v) is 17.6. The lowest BCUT2D eigenvalue weighted by molar-refractivity contribution is -0.137. The van der Waals surface area contributed by atoms with Gasteiger partial charge >= 0.3 is 6.18 Å². The SMILES string of the molecule is Cc1cc(C)c2c(n1)sc1c(=O)n(CC(=O)Nc3cccc(C(F)(F)F)c3)c(C)nc12. The van der Waals surface area contributed by atoms with Crippen molar-refractivity contribution >= 4 is 43.4 Å². The number of carbonyl (C=O) groups excluding carboxylic acids is 1. The molecule has 4 aromatic rings. The molecule has 3 heterocycles. The van der Waals surface area contributed by atoms with Crippen LogP contribution in [0, 0.1) is 20.8 Å². The Morgan fingerprint density at radius 3 is 2.61 bits per heavy atom. The van der Waals surface area contributed by atoms with Crippen LogP contribution >= 0.6 is 11.3 Å². The smallest absolute Gasteiger partial charge is 0.325 e. The van der Waals surface area contributed by atoms with E-state index in [2.05, 4.69) is 15.3 Å². The van der Waals surface area contributed by atoms with Gasteiger partial charge in [-0.3, -0.25) is 14.2 Å². The molecule has 160 valence electrons. The van der Waals surface area contributed by atoms with Crippen molar-refractivity contribution in [3.8, 4) is 0 Å². The second kappa shape index (κ2) is 7.45. The highest BCUT2D eigenvalue weighted by Crippen LogP contribution is 2.32. The zero-order valence-electron chi connectivity index (χ0n) is 16.8. The summed E-state index contributed by atoms with van der Waals surface area (Å²) in [5.74, 6) is -0.298. The van der Waals surface area contributed by atoms with Gasteiger partial charge in [-0.25, -0.2) is 9.97 Å². The number of alkyl halides is 3. The van der Waals surface area contributed by atoms with Crippen LogP contribution in [0.25, 0.3) is 20.4 Å². The summed E-state index contributed by atoms with van der Waals surface area (Å²) < 4.78 is 40.2. The first-order chi connectivity index (χ1) is 14.5. The van der Waals surface area contributed by atoms with Gasteiger partial charge in [0.05, 0.1) is 11.1 Å². The summed E-state index contributed by atoms with van der Waals surface area (Å²) in [5, 5.41) is 3.22. The fourth-order valence-corrected chi connectivity index (χ4v) is 4.65. The van der Waals surface area contributed by atoms with E-state index in [0.29, 0.717) is 20.9 Å². The van der Waals surface area contributed by atoms with Gasteiger partial charge in [-0.05, 0) is 50.6 Å². The van der Waals surface area contributed by atoms with Gasteiger partial charge in [0.2, 0.25) is 5.91 Å². The summed E-state index contributed by atoms with van der Waals surface area (Å²) >= 11 is 1.21. The predicted octanol–water partition coefficient (Wildman–Crippen LogP) is 4.59. The number of pyridine rings is 1. The summed E-state index contributed by atoms with van der Waals surface area (Å²) in [7, 11) is 0. The number of amides is 1. The number of hydrogen-bond donors (Lipinski definition) is 1. The molecule has 0 aliphatic heterocycles. The standard InChI is InChI=1S/C21H17F3N4O2S/c1-10-7-11(2)25-19-16(10)17-18(31-19)20(30)28(12(3)26-17)9-15(29)27-14-6-4-5-13(8-14)21(22,23)24/h4-8H,9H2,1-3H3,(H,27,29). The van der Waals surface area contributed by atoms with Crippen molar-refractivity contribution in [1.29, 1.82) is 0 Å². The Balaban J connectivity index is 1.69. The maximum Gasteiger partial charge on any atom is 0.416 e. The number of halogens is 3. The molecule has 0 aliphatic rings. The number of thiophene rings is 1. The topological polar surface area (TPSA) is 76.9 Å². The summed E-state index contributed by atoms with van der Waals surface area (Å²) in [5.41, 5.74) is 1.07. The first-order valence-corrected chi connectivity index (χ1v) is 10.1. The Morgan fingerprint density at radius 1 is 1.16 bits per heavy atom. The minimum atomic E-state index is -4.52. The average molecular weight is 446 g/mol. The fraction of sp³-hybridized carbons (Fsp3) is 0.238. The molecule has 10 heteroatoms. The Bertz CT molecular complexity index is 1410. The average Bonchev–Trinajstić information content (AvgIpc) is 3.03. The fourth-order valence-electron chi connectivity index (χ4n) is 3.47. The number of aromatic nitrogens is 3. The van der Waals surface area contributed by atoms with Crippen LogP contribution in [0.5, 0.6) is 0 Å². The van der Waals surface area contributed by atoms with Gasteiger partial charge in [0.15, 0.2) is 0 Å². The number of nitrogens with zero attached hydrogens (tertiary/aromatic N) is 3. The molecule has 0 bridgehead atoms. The number of hydrogen-bond acceptors (Lipinski definition) is 5. The molecule has 0 saturated heterocycles. The van der Waals surface area contributed by atoms with Crippen molar-refractivity contribution in [2.24, 2.45) is 0 Å². The van der Waals surface area contributed by atoms with Crippen LogP contribution in [0.3, 0.4) is 0 Å². The molecule has 0 aliphatic carbocycles. The summed E-state index contributed by atoms with van der Waals surface area (Å²) in [4.78, 5) is 35.2. The van der Waals surface area contributed by atoms with E-state index in [1.54, 1.807) is 6.92 Å².